The molecule has 10 nitrogen and oxygen atoms in total. The van der Waals surface area contributed by atoms with E-state index in [0.29, 0.717) is 0 Å². The van der Waals surface area contributed by atoms with Gasteiger partial charge in [0.2, 0.25) is 0 Å². The summed E-state index contributed by atoms with van der Waals surface area (Å²) in [6.07, 6.45) is 0. The largest absolute Gasteiger partial charge is 0.743 e. The summed E-state index contributed by atoms with van der Waals surface area (Å²) in [7, 11) is 0. The Kier molecular flexibility index (Phi) is 16.8. The van der Waals surface area contributed by atoms with Crippen molar-refractivity contribution in [1.82, 2.24) is 19.9 Å². The molecule has 4 aromatic heterocycles. The van der Waals surface area contributed by atoms with Crippen LogP contribution in [-0.2, 0) is 5.68 Å². The monoisotopic (exact) mass is 940 g/mol. The van der Waals surface area contributed by atoms with Crippen LogP contribution in [0.5, 0.6) is 23.0 Å². The van der Waals surface area contributed by atoms with Crippen LogP contribution < -0.4 is 15.2 Å². The van der Waals surface area contributed by atoms with Crippen LogP contribution in [0.15, 0.2) is 158 Å². The fourth-order valence-electron chi connectivity index (χ4n) is 6.46. The summed E-state index contributed by atoms with van der Waals surface area (Å²) in [5.41, 5.74) is 7.58. The van der Waals surface area contributed by atoms with Crippen LogP contribution in [0.1, 0.15) is 26.2 Å². The van der Waals surface area contributed by atoms with E-state index in [0.717, 1.165) is 97.8 Å². The van der Waals surface area contributed by atoms with Crippen molar-refractivity contribution in [2.75, 3.05) is 0 Å². The van der Waals surface area contributed by atoms with E-state index in [9.17, 15) is 0 Å². The average Bonchev–Trinajstić information content (AvgIpc) is 3.95. The van der Waals surface area contributed by atoms with E-state index >= 15 is 0 Å². The van der Waals surface area contributed by atoms with Crippen molar-refractivity contribution in [3.63, 3.8) is 0 Å². The lowest BCUT2D eigenvalue weighted by molar-refractivity contribution is 0.418. The molecule has 6 aromatic carbocycles. The van der Waals surface area contributed by atoms with Crippen molar-refractivity contribution in [3.05, 3.63) is 169 Å². The maximum absolute atomic E-state index is 6.04. The predicted molar refractivity (Wildman–Crippen MR) is 264 cm³/mol. The second-order valence-electron chi connectivity index (χ2n) is 13.7. The standard InChI is InChI=1S/2C13H9NOS.2C10H9NO.2CH4.4Al.2O/c2*15-11-7-3-1-5-9(11)13-14-10-6-2-4-8-12(10)16-13;2*1-7-5-6-8-3-2-4-9(12)10(8)11-7;;;;;;;;/h2*1-8,15H;2*2-6,12H,1H3;2*1H4;;;;;;/q;;;;;;4*+1;;/p-4. The quantitative estimate of drug-likeness (QED) is 0.0772. The van der Waals surface area contributed by atoms with E-state index in [2.05, 4.69) is 22.1 Å². The third-order valence-corrected chi connectivity index (χ3v) is 14.7. The van der Waals surface area contributed by atoms with Gasteiger partial charge in [0.1, 0.15) is 32.5 Å². The Hall–Kier alpha value is -4.83. The lowest BCUT2D eigenvalue weighted by atomic mass is 10.2. The Labute approximate surface area is 407 Å². The van der Waals surface area contributed by atoms with E-state index in [1.165, 1.54) is 0 Å². The normalized spacial score (nSPS) is 10.5. The molecule has 16 heteroatoms. The van der Waals surface area contributed by atoms with Gasteiger partial charge in [-0.3, -0.25) is 0 Å². The summed E-state index contributed by atoms with van der Waals surface area (Å²) in [6.45, 7) is 3.94. The van der Waals surface area contributed by atoms with Gasteiger partial charge in [0, 0.05) is 33.3 Å². The summed E-state index contributed by atoms with van der Waals surface area (Å²) in [5.74, 6) is 3.03. The van der Waals surface area contributed by atoms with Gasteiger partial charge in [0.15, 0.2) is 0 Å². The number of hydrogen-bond acceptors (Lipinski definition) is 12. The zero-order valence-corrected chi connectivity index (χ0v) is 39.6. The summed E-state index contributed by atoms with van der Waals surface area (Å²) in [5, 5.41) is 3.99. The topological polar surface area (TPSA) is 107 Å². The van der Waals surface area contributed by atoms with Crippen LogP contribution in [0.3, 0.4) is 0 Å². The van der Waals surface area contributed by atoms with Gasteiger partial charge in [0.25, 0.3) is 0 Å². The fourth-order valence-corrected chi connectivity index (χ4v) is 10.9. The van der Waals surface area contributed by atoms with Gasteiger partial charge >= 0.3 is 63.5 Å². The first-order valence-corrected chi connectivity index (χ1v) is 24.8. The van der Waals surface area contributed by atoms with Gasteiger partial charge in [-0.25, -0.2) is 19.9 Å². The number of fused-ring (bicyclic) bond motifs is 4. The SMILES string of the molecule is C.C.Cc1ccc2cccc([O][Al][O][Al][O]c3cccc4ccc(C)nc34)c2n1.c1ccc(-c2nc3ccccc3s2)c([O][Al][O][Al][O]c2ccccc2-c2nc3ccccc3s2)c1. The molecule has 312 valence electrons. The van der Waals surface area contributed by atoms with Gasteiger partial charge in [0.05, 0.1) is 31.9 Å². The molecule has 0 spiro atoms. The zero-order valence-electron chi connectivity index (χ0n) is 33.4. The van der Waals surface area contributed by atoms with Crippen LogP contribution in [-0.4, -0.2) is 83.5 Å². The zero-order chi connectivity index (χ0) is 42.1. The lowest BCUT2D eigenvalue weighted by Crippen LogP contribution is -2.16. The number of thiazole rings is 2. The highest BCUT2D eigenvalue weighted by molar-refractivity contribution is 7.22. The van der Waals surface area contributed by atoms with Gasteiger partial charge in [-0.2, -0.15) is 0 Å². The van der Waals surface area contributed by atoms with Crippen LogP contribution in [0.2, 0.25) is 0 Å². The van der Waals surface area contributed by atoms with Crippen molar-refractivity contribution in [2.45, 2.75) is 28.7 Å². The lowest BCUT2D eigenvalue weighted by Gasteiger charge is -2.12. The smallest absolute Gasteiger partial charge is 0.627 e. The molecule has 10 aromatic rings. The first-order valence-electron chi connectivity index (χ1n) is 19.4. The molecule has 0 aliphatic rings. The number of rotatable bonds is 14. The van der Waals surface area contributed by atoms with Gasteiger partial charge in [-0.05, 0) is 86.6 Å². The molecule has 0 fully saturated rings. The van der Waals surface area contributed by atoms with Crippen LogP contribution >= 0.6 is 22.7 Å². The molecule has 0 unspecified atom stereocenters. The first kappa shape index (κ1) is 47.1. The van der Waals surface area contributed by atoms with E-state index in [1.54, 1.807) is 22.7 Å². The average molecular weight is 941 g/mol. The second kappa shape index (κ2) is 22.9. The van der Waals surface area contributed by atoms with Crippen molar-refractivity contribution >= 4 is 128 Å². The molecule has 4 radical (unpaired) electrons. The molecule has 0 bridgehead atoms. The minimum atomic E-state index is -0.727. The number of hydrogen-bond donors (Lipinski definition) is 0. The number of aromatic nitrogens is 4. The van der Waals surface area contributed by atoms with E-state index in [1.807, 2.05) is 159 Å². The van der Waals surface area contributed by atoms with Crippen molar-refractivity contribution in [2.24, 2.45) is 0 Å². The van der Waals surface area contributed by atoms with E-state index in [4.69, 9.17) is 30.8 Å². The highest BCUT2D eigenvalue weighted by atomic mass is 32.1. The van der Waals surface area contributed by atoms with Crippen LogP contribution in [0.4, 0.5) is 0 Å². The Bertz CT molecular complexity index is 2860. The molecule has 10 rings (SSSR count). The highest BCUT2D eigenvalue weighted by Crippen LogP contribution is 2.37. The number of aryl methyl sites for hydroxylation is 2. The molecule has 0 saturated heterocycles. The van der Waals surface area contributed by atoms with E-state index < -0.39 is 63.5 Å². The van der Waals surface area contributed by atoms with Gasteiger partial charge in [-0.15, -0.1) is 22.7 Å². The molecule has 0 atom stereocenters. The Balaban J connectivity index is 0.000000192. The Morgan fingerprint density at radius 1 is 0.375 bits per heavy atom. The van der Waals surface area contributed by atoms with Crippen molar-refractivity contribution in [3.8, 4) is 44.1 Å². The molecule has 64 heavy (non-hydrogen) atoms. The van der Waals surface area contributed by atoms with Crippen molar-refractivity contribution in [1.29, 1.82) is 0 Å². The summed E-state index contributed by atoms with van der Waals surface area (Å²) in [4.78, 5) is 18.7. The molecule has 0 aliphatic carbocycles. The Morgan fingerprint density at radius 2 is 0.750 bits per heavy atom. The number of benzene rings is 6. The maximum Gasteiger partial charge on any atom is 0.743 e. The molecule has 0 N–H and O–H groups in total. The second-order valence-corrected chi connectivity index (χ2v) is 19.6. The Morgan fingerprint density at radius 3 is 1.19 bits per heavy atom. The summed E-state index contributed by atoms with van der Waals surface area (Å²) >= 11 is 0.501. The molecule has 4 heterocycles. The fraction of sp³-hybridized carbons (Fsp3) is 0.0833. The highest BCUT2D eigenvalue weighted by Gasteiger charge is 2.17. The maximum atomic E-state index is 6.04. The van der Waals surface area contributed by atoms with Crippen molar-refractivity contribution < 1.29 is 20.8 Å². The molecule has 0 saturated carbocycles. The summed E-state index contributed by atoms with van der Waals surface area (Å²) in [6, 6.07) is 52.1. The summed E-state index contributed by atoms with van der Waals surface area (Å²) < 4.78 is 37.6. The van der Waals surface area contributed by atoms with E-state index in [-0.39, 0.29) is 14.9 Å². The van der Waals surface area contributed by atoms with Crippen LogP contribution in [0, 0.1) is 13.8 Å². The first-order chi connectivity index (χ1) is 30.6. The minimum absolute atomic E-state index is 0. The molecule has 0 aliphatic heterocycles. The third kappa shape index (κ3) is 11.5. The minimum Gasteiger partial charge on any atom is -0.627 e. The predicted octanol–water partition coefficient (Wildman–Crippen LogP) is 12.0. The van der Waals surface area contributed by atoms with Gasteiger partial charge in [-0.1, -0.05) is 99.8 Å². The molecular formula is C48H40Al4N4O6S2. The number of para-hydroxylation sites is 6. The number of nitrogens with zero attached hydrogens (tertiary/aromatic N) is 4. The molecular weight excluding hydrogens is 901 g/mol. The third-order valence-electron chi connectivity index (χ3n) is 9.39. The van der Waals surface area contributed by atoms with Gasteiger partial charge < -0.3 is 20.8 Å². The number of pyridine rings is 2. The molecule has 0 amide bonds. The van der Waals surface area contributed by atoms with Crippen LogP contribution in [0.25, 0.3) is 63.4 Å².